The molecule has 1 unspecified atom stereocenters. The van der Waals surface area contributed by atoms with Gasteiger partial charge in [-0.25, -0.2) is 0 Å². The van der Waals surface area contributed by atoms with Crippen molar-refractivity contribution in [3.63, 3.8) is 0 Å². The van der Waals surface area contributed by atoms with Crippen LogP contribution in [0.4, 0.5) is 0 Å². The van der Waals surface area contributed by atoms with Crippen LogP contribution < -0.4 is 5.32 Å². The van der Waals surface area contributed by atoms with Gasteiger partial charge in [0.25, 0.3) is 0 Å². The lowest BCUT2D eigenvalue weighted by Gasteiger charge is -2.30. The molecule has 0 aliphatic carbocycles. The van der Waals surface area contributed by atoms with Crippen molar-refractivity contribution in [2.75, 3.05) is 19.7 Å². The van der Waals surface area contributed by atoms with Crippen LogP contribution in [0.2, 0.25) is 0 Å². The van der Waals surface area contributed by atoms with Gasteiger partial charge in [-0.15, -0.1) is 0 Å². The Morgan fingerprint density at radius 3 is 2.59 bits per heavy atom. The van der Waals surface area contributed by atoms with Gasteiger partial charge in [-0.05, 0) is 56.8 Å². The Morgan fingerprint density at radius 2 is 2.00 bits per heavy atom. The van der Waals surface area contributed by atoms with Crippen molar-refractivity contribution in [2.24, 2.45) is 5.92 Å². The fourth-order valence-corrected chi connectivity index (χ4v) is 2.99. The molecule has 0 aromatic heterocycles. The van der Waals surface area contributed by atoms with Crippen molar-refractivity contribution >= 4 is 0 Å². The maximum Gasteiger partial charge on any atom is 0.0502 e. The molecule has 1 saturated heterocycles. The first-order valence-electron chi connectivity index (χ1n) is 6.61. The normalized spacial score (nSPS) is 19.2. The van der Waals surface area contributed by atoms with Crippen LogP contribution in [0, 0.1) is 19.8 Å². The zero-order valence-electron chi connectivity index (χ0n) is 10.9. The van der Waals surface area contributed by atoms with E-state index in [9.17, 15) is 5.11 Å². The summed E-state index contributed by atoms with van der Waals surface area (Å²) in [6.45, 7) is 6.73. The van der Waals surface area contributed by atoms with Gasteiger partial charge in [-0.3, -0.25) is 0 Å². The van der Waals surface area contributed by atoms with Crippen LogP contribution >= 0.6 is 0 Å². The minimum Gasteiger partial charge on any atom is -0.396 e. The van der Waals surface area contributed by atoms with Crippen molar-refractivity contribution in [2.45, 2.75) is 32.6 Å². The van der Waals surface area contributed by atoms with Gasteiger partial charge >= 0.3 is 0 Å². The molecule has 0 amide bonds. The third-order valence-corrected chi connectivity index (χ3v) is 3.97. The van der Waals surface area contributed by atoms with Crippen molar-refractivity contribution < 1.29 is 5.11 Å². The van der Waals surface area contributed by atoms with Crippen LogP contribution in [0.1, 0.15) is 35.4 Å². The van der Waals surface area contributed by atoms with Crippen molar-refractivity contribution in [3.05, 3.63) is 34.9 Å². The number of hydrogen-bond donors (Lipinski definition) is 2. The van der Waals surface area contributed by atoms with Crippen LogP contribution in [0.25, 0.3) is 0 Å². The lowest BCUT2D eigenvalue weighted by molar-refractivity contribution is 0.201. The molecule has 1 aromatic carbocycles. The fourth-order valence-electron chi connectivity index (χ4n) is 2.99. The molecule has 2 nitrogen and oxygen atoms in total. The summed E-state index contributed by atoms with van der Waals surface area (Å²) < 4.78 is 0. The highest BCUT2D eigenvalue weighted by Gasteiger charge is 2.25. The van der Waals surface area contributed by atoms with Crippen molar-refractivity contribution in [1.29, 1.82) is 0 Å². The Labute approximate surface area is 104 Å². The van der Waals surface area contributed by atoms with Crippen molar-refractivity contribution in [3.8, 4) is 0 Å². The number of piperidine rings is 1. The van der Waals surface area contributed by atoms with Gasteiger partial charge in [-0.2, -0.15) is 0 Å². The quantitative estimate of drug-likeness (QED) is 0.840. The van der Waals surface area contributed by atoms with E-state index in [1.54, 1.807) is 0 Å². The summed E-state index contributed by atoms with van der Waals surface area (Å²) in [6, 6.07) is 6.58. The van der Waals surface area contributed by atoms with E-state index in [2.05, 4.69) is 37.4 Å². The molecular weight excluding hydrogens is 210 g/mol. The molecule has 0 bridgehead atoms. The predicted molar refractivity (Wildman–Crippen MR) is 71.3 cm³/mol. The predicted octanol–water partition coefficient (Wildman–Crippen LogP) is 2.38. The van der Waals surface area contributed by atoms with Crippen LogP contribution in [0.5, 0.6) is 0 Å². The first-order valence-corrected chi connectivity index (χ1v) is 6.61. The van der Waals surface area contributed by atoms with E-state index in [4.69, 9.17) is 0 Å². The van der Waals surface area contributed by atoms with Gasteiger partial charge < -0.3 is 10.4 Å². The monoisotopic (exact) mass is 233 g/mol. The topological polar surface area (TPSA) is 32.3 Å². The van der Waals surface area contributed by atoms with E-state index in [0.29, 0.717) is 11.8 Å². The summed E-state index contributed by atoms with van der Waals surface area (Å²) in [7, 11) is 0. The van der Waals surface area contributed by atoms with Crippen LogP contribution in [0.3, 0.4) is 0 Å². The minimum absolute atomic E-state index is 0.272. The second kappa shape index (κ2) is 5.65. The number of benzene rings is 1. The van der Waals surface area contributed by atoms with Gasteiger partial charge in [0.15, 0.2) is 0 Å². The summed E-state index contributed by atoms with van der Waals surface area (Å²) in [5.74, 6) is 0.945. The second-order valence-corrected chi connectivity index (χ2v) is 5.24. The first kappa shape index (κ1) is 12.6. The SMILES string of the molecule is Cc1ccc(C(CO)C2CCNCC2)c(C)c1. The first-order chi connectivity index (χ1) is 8.22. The molecule has 1 heterocycles. The smallest absolute Gasteiger partial charge is 0.0502 e. The molecule has 17 heavy (non-hydrogen) atoms. The van der Waals surface area contributed by atoms with Gasteiger partial charge in [-0.1, -0.05) is 23.8 Å². The summed E-state index contributed by atoms with van der Waals surface area (Å²) in [4.78, 5) is 0. The largest absolute Gasteiger partial charge is 0.396 e. The molecule has 94 valence electrons. The Bertz CT molecular complexity index is 369. The molecule has 0 spiro atoms. The molecule has 1 aromatic rings. The summed E-state index contributed by atoms with van der Waals surface area (Å²) in [6.07, 6.45) is 2.36. The molecule has 0 saturated carbocycles. The van der Waals surface area contributed by atoms with Crippen molar-refractivity contribution in [1.82, 2.24) is 5.32 Å². The minimum atomic E-state index is 0.272. The summed E-state index contributed by atoms with van der Waals surface area (Å²) >= 11 is 0. The maximum atomic E-state index is 9.71. The average Bonchev–Trinajstić information content (AvgIpc) is 2.34. The van der Waals surface area contributed by atoms with E-state index in [0.717, 1.165) is 13.1 Å². The molecule has 2 heteroatoms. The van der Waals surface area contributed by atoms with Gasteiger partial charge in [0.05, 0.1) is 6.61 Å². The highest BCUT2D eigenvalue weighted by atomic mass is 16.3. The Hall–Kier alpha value is -0.860. The molecule has 1 atom stereocenters. The van der Waals surface area contributed by atoms with E-state index >= 15 is 0 Å². The molecule has 2 N–H and O–H groups in total. The van der Waals surface area contributed by atoms with E-state index in [-0.39, 0.29) is 6.61 Å². The molecular formula is C15H23NO. The third-order valence-electron chi connectivity index (χ3n) is 3.97. The van der Waals surface area contributed by atoms with Crippen LogP contribution in [0.15, 0.2) is 18.2 Å². The third kappa shape index (κ3) is 2.88. The summed E-state index contributed by atoms with van der Waals surface area (Å²) in [5, 5.41) is 13.1. The summed E-state index contributed by atoms with van der Waals surface area (Å²) in [5.41, 5.74) is 3.96. The van der Waals surface area contributed by atoms with Gasteiger partial charge in [0.1, 0.15) is 0 Å². The lowest BCUT2D eigenvalue weighted by atomic mass is 9.79. The molecule has 0 radical (unpaired) electrons. The highest BCUT2D eigenvalue weighted by Crippen LogP contribution is 2.32. The molecule has 1 aliphatic rings. The van der Waals surface area contributed by atoms with E-state index < -0.39 is 0 Å². The molecule has 1 fully saturated rings. The lowest BCUT2D eigenvalue weighted by Crippen LogP contribution is -2.32. The van der Waals surface area contributed by atoms with Gasteiger partial charge in [0.2, 0.25) is 0 Å². The maximum absolute atomic E-state index is 9.71. The zero-order chi connectivity index (χ0) is 12.3. The number of nitrogens with one attached hydrogen (secondary N) is 1. The van der Waals surface area contributed by atoms with Crippen LogP contribution in [-0.2, 0) is 0 Å². The number of rotatable bonds is 3. The van der Waals surface area contributed by atoms with E-state index in [1.165, 1.54) is 29.5 Å². The number of aryl methyl sites for hydroxylation is 2. The number of hydrogen-bond acceptors (Lipinski definition) is 2. The molecule has 2 rings (SSSR count). The van der Waals surface area contributed by atoms with Crippen LogP contribution in [-0.4, -0.2) is 24.8 Å². The van der Waals surface area contributed by atoms with E-state index in [1.807, 2.05) is 0 Å². The Morgan fingerprint density at radius 1 is 1.29 bits per heavy atom. The molecule has 1 aliphatic heterocycles. The Kier molecular flexibility index (Phi) is 4.19. The second-order valence-electron chi connectivity index (χ2n) is 5.24. The fraction of sp³-hybridized carbons (Fsp3) is 0.600. The van der Waals surface area contributed by atoms with Gasteiger partial charge in [0, 0.05) is 5.92 Å². The number of aliphatic hydroxyl groups excluding tert-OH is 1. The highest BCUT2D eigenvalue weighted by molar-refractivity contribution is 5.33. The average molecular weight is 233 g/mol. The number of aliphatic hydroxyl groups is 1. The Balaban J connectivity index is 2.21. The zero-order valence-corrected chi connectivity index (χ0v) is 10.9. The standard InChI is InChI=1S/C15H23NO/c1-11-3-4-14(12(2)9-11)15(10-17)13-5-7-16-8-6-13/h3-4,9,13,15-17H,5-8,10H2,1-2H3.